The summed E-state index contributed by atoms with van der Waals surface area (Å²) in [6.07, 6.45) is 3.18. The van der Waals surface area contributed by atoms with Gasteiger partial charge in [-0.05, 0) is 49.1 Å². The molecule has 0 aromatic heterocycles. The van der Waals surface area contributed by atoms with E-state index in [1.54, 1.807) is 0 Å². The molecule has 0 spiro atoms. The number of benzene rings is 2. The average molecular weight is 283 g/mol. The molecular weight excluding hydrogens is 258 g/mol. The van der Waals surface area contributed by atoms with Crippen LogP contribution in [-0.4, -0.2) is 12.6 Å². The van der Waals surface area contributed by atoms with Gasteiger partial charge in [0.1, 0.15) is 5.75 Å². The van der Waals surface area contributed by atoms with Crippen molar-refractivity contribution in [1.82, 2.24) is 0 Å². The van der Waals surface area contributed by atoms with Crippen molar-refractivity contribution in [3.63, 3.8) is 0 Å². The Morgan fingerprint density at radius 1 is 0.952 bits per heavy atom. The lowest BCUT2D eigenvalue weighted by molar-refractivity contribution is 0.317. The van der Waals surface area contributed by atoms with E-state index in [0.717, 1.165) is 37.3 Å². The number of hydrogen-bond acceptors (Lipinski definition) is 2. The van der Waals surface area contributed by atoms with Crippen molar-refractivity contribution in [2.24, 2.45) is 0 Å². The fraction of sp³-hybridized carbons (Fsp3) is 0.368. The molecule has 0 radical (unpaired) electrons. The van der Waals surface area contributed by atoms with Gasteiger partial charge in [0, 0.05) is 11.7 Å². The van der Waals surface area contributed by atoms with Crippen LogP contribution in [0.2, 0.25) is 0 Å². The first-order valence-electron chi connectivity index (χ1n) is 7.85. The smallest absolute Gasteiger partial charge is 0.119 e. The normalized spacial score (nSPS) is 11.9. The van der Waals surface area contributed by atoms with E-state index in [1.165, 1.54) is 5.56 Å². The highest BCUT2D eigenvalue weighted by molar-refractivity contribution is 5.47. The Bertz CT molecular complexity index is 507. The summed E-state index contributed by atoms with van der Waals surface area (Å²) < 4.78 is 5.61. The third-order valence-corrected chi connectivity index (χ3v) is 3.52. The summed E-state index contributed by atoms with van der Waals surface area (Å²) in [4.78, 5) is 0. The summed E-state index contributed by atoms with van der Waals surface area (Å²) in [6.45, 7) is 5.11. The molecule has 1 unspecified atom stereocenters. The van der Waals surface area contributed by atoms with Crippen LogP contribution >= 0.6 is 0 Å². The van der Waals surface area contributed by atoms with Crippen molar-refractivity contribution >= 4 is 5.69 Å². The van der Waals surface area contributed by atoms with Gasteiger partial charge < -0.3 is 10.1 Å². The van der Waals surface area contributed by atoms with Crippen molar-refractivity contribution in [3.05, 3.63) is 60.2 Å². The number of ether oxygens (including phenoxy) is 1. The van der Waals surface area contributed by atoms with Crippen LogP contribution in [-0.2, 0) is 6.42 Å². The van der Waals surface area contributed by atoms with Gasteiger partial charge in [0.2, 0.25) is 0 Å². The highest BCUT2D eigenvalue weighted by Gasteiger charge is 2.07. The van der Waals surface area contributed by atoms with Gasteiger partial charge in [-0.2, -0.15) is 0 Å². The van der Waals surface area contributed by atoms with E-state index in [9.17, 15) is 0 Å². The summed E-state index contributed by atoms with van der Waals surface area (Å²) in [5.41, 5.74) is 2.53. The molecule has 1 atom stereocenters. The molecule has 112 valence electrons. The lowest BCUT2D eigenvalue weighted by Gasteiger charge is -2.18. The standard InChI is InChI=1S/C19H25NO/c1-3-14-21-19-12-10-18(11-13-19)20-17(4-2)15-16-8-6-5-7-9-16/h5-13,17,20H,3-4,14-15H2,1-2H3. The maximum atomic E-state index is 5.61. The minimum Gasteiger partial charge on any atom is -0.494 e. The number of rotatable bonds is 8. The maximum absolute atomic E-state index is 5.61. The molecule has 21 heavy (non-hydrogen) atoms. The predicted octanol–water partition coefficient (Wildman–Crippen LogP) is 4.91. The molecule has 1 N–H and O–H groups in total. The molecule has 0 saturated carbocycles. The highest BCUT2D eigenvalue weighted by Crippen LogP contribution is 2.18. The number of anilines is 1. The molecular formula is C19H25NO. The third-order valence-electron chi connectivity index (χ3n) is 3.52. The van der Waals surface area contributed by atoms with Gasteiger partial charge in [-0.1, -0.05) is 44.2 Å². The van der Waals surface area contributed by atoms with Gasteiger partial charge >= 0.3 is 0 Å². The molecule has 2 nitrogen and oxygen atoms in total. The maximum Gasteiger partial charge on any atom is 0.119 e. The molecule has 0 fully saturated rings. The van der Waals surface area contributed by atoms with Crippen LogP contribution in [0.3, 0.4) is 0 Å². The minimum atomic E-state index is 0.454. The van der Waals surface area contributed by atoms with Crippen LogP contribution in [0.1, 0.15) is 32.3 Å². The minimum absolute atomic E-state index is 0.454. The summed E-state index contributed by atoms with van der Waals surface area (Å²) in [7, 11) is 0. The van der Waals surface area contributed by atoms with E-state index in [1.807, 2.05) is 12.1 Å². The Kier molecular flexibility index (Phi) is 6.14. The van der Waals surface area contributed by atoms with Gasteiger partial charge in [-0.25, -0.2) is 0 Å². The van der Waals surface area contributed by atoms with Crippen molar-refractivity contribution in [2.45, 2.75) is 39.2 Å². The molecule has 0 saturated heterocycles. The molecule has 0 heterocycles. The third kappa shape index (κ3) is 5.14. The lowest BCUT2D eigenvalue weighted by Crippen LogP contribution is -2.21. The van der Waals surface area contributed by atoms with Crippen molar-refractivity contribution in [1.29, 1.82) is 0 Å². The molecule has 2 aromatic rings. The zero-order valence-electron chi connectivity index (χ0n) is 13.0. The van der Waals surface area contributed by atoms with Gasteiger partial charge in [0.25, 0.3) is 0 Å². The first-order valence-corrected chi connectivity index (χ1v) is 7.85. The van der Waals surface area contributed by atoms with Crippen LogP contribution in [0.4, 0.5) is 5.69 Å². The zero-order chi connectivity index (χ0) is 14.9. The second kappa shape index (κ2) is 8.35. The molecule has 2 rings (SSSR count). The second-order valence-corrected chi connectivity index (χ2v) is 5.31. The first kappa shape index (κ1) is 15.4. The molecule has 0 bridgehead atoms. The van der Waals surface area contributed by atoms with Crippen LogP contribution in [0.5, 0.6) is 5.75 Å². The predicted molar refractivity (Wildman–Crippen MR) is 90.1 cm³/mol. The van der Waals surface area contributed by atoms with Crippen LogP contribution < -0.4 is 10.1 Å². The summed E-state index contributed by atoms with van der Waals surface area (Å²) in [6, 6.07) is 19.3. The zero-order valence-corrected chi connectivity index (χ0v) is 13.0. The Balaban J connectivity index is 1.92. The van der Waals surface area contributed by atoms with E-state index < -0.39 is 0 Å². The molecule has 0 aliphatic heterocycles. The summed E-state index contributed by atoms with van der Waals surface area (Å²) >= 11 is 0. The Labute approximate surface area is 128 Å². The van der Waals surface area contributed by atoms with E-state index in [-0.39, 0.29) is 0 Å². The molecule has 2 aromatic carbocycles. The van der Waals surface area contributed by atoms with E-state index >= 15 is 0 Å². The molecule has 2 heteroatoms. The van der Waals surface area contributed by atoms with Gasteiger partial charge in [-0.3, -0.25) is 0 Å². The number of hydrogen-bond donors (Lipinski definition) is 1. The Morgan fingerprint density at radius 3 is 2.29 bits per heavy atom. The van der Waals surface area contributed by atoms with Crippen LogP contribution in [0.25, 0.3) is 0 Å². The first-order chi connectivity index (χ1) is 10.3. The largest absolute Gasteiger partial charge is 0.494 e. The average Bonchev–Trinajstić information content (AvgIpc) is 2.54. The lowest BCUT2D eigenvalue weighted by atomic mass is 10.0. The molecule has 0 amide bonds. The van der Waals surface area contributed by atoms with Crippen LogP contribution in [0, 0.1) is 0 Å². The van der Waals surface area contributed by atoms with Crippen molar-refractivity contribution in [2.75, 3.05) is 11.9 Å². The quantitative estimate of drug-likeness (QED) is 0.743. The molecule has 0 aliphatic carbocycles. The topological polar surface area (TPSA) is 21.3 Å². The Hall–Kier alpha value is -1.96. The van der Waals surface area contributed by atoms with E-state index in [4.69, 9.17) is 4.74 Å². The SMILES string of the molecule is CCCOc1ccc(NC(CC)Cc2ccccc2)cc1. The van der Waals surface area contributed by atoms with Crippen molar-refractivity contribution < 1.29 is 4.74 Å². The fourth-order valence-electron chi connectivity index (χ4n) is 2.30. The summed E-state index contributed by atoms with van der Waals surface area (Å²) in [5, 5.41) is 3.60. The Morgan fingerprint density at radius 2 is 1.67 bits per heavy atom. The second-order valence-electron chi connectivity index (χ2n) is 5.31. The fourth-order valence-corrected chi connectivity index (χ4v) is 2.30. The summed E-state index contributed by atoms with van der Waals surface area (Å²) in [5.74, 6) is 0.943. The van der Waals surface area contributed by atoms with E-state index in [2.05, 4.69) is 61.6 Å². The van der Waals surface area contributed by atoms with Gasteiger partial charge in [0.05, 0.1) is 6.61 Å². The highest BCUT2D eigenvalue weighted by atomic mass is 16.5. The number of nitrogens with one attached hydrogen (secondary N) is 1. The van der Waals surface area contributed by atoms with Crippen molar-refractivity contribution in [3.8, 4) is 5.75 Å². The van der Waals surface area contributed by atoms with Gasteiger partial charge in [-0.15, -0.1) is 0 Å². The van der Waals surface area contributed by atoms with Gasteiger partial charge in [0.15, 0.2) is 0 Å². The van der Waals surface area contributed by atoms with E-state index in [0.29, 0.717) is 6.04 Å². The molecule has 0 aliphatic rings. The van der Waals surface area contributed by atoms with Crippen LogP contribution in [0.15, 0.2) is 54.6 Å². The monoisotopic (exact) mass is 283 g/mol.